The minimum Gasteiger partial charge on any atom is -0.312 e. The van der Waals surface area contributed by atoms with E-state index in [1.807, 2.05) is 6.07 Å². The molecule has 1 aromatic carbocycles. The van der Waals surface area contributed by atoms with Crippen molar-refractivity contribution in [2.75, 3.05) is 6.54 Å². The van der Waals surface area contributed by atoms with Gasteiger partial charge in [0.2, 0.25) is 0 Å². The van der Waals surface area contributed by atoms with E-state index in [2.05, 4.69) is 51.2 Å². The van der Waals surface area contributed by atoms with Crippen LogP contribution in [0.2, 0.25) is 0 Å². The van der Waals surface area contributed by atoms with Gasteiger partial charge in [0.1, 0.15) is 0 Å². The molecule has 0 bridgehead atoms. The van der Waals surface area contributed by atoms with Gasteiger partial charge in [-0.05, 0) is 48.4 Å². The standard InChI is InChI=1S/C17H28N/c1-5-15(4)12-18-13-17-9-7-6-8-16(17)11-10-14(2)3/h6-7,9,14-15,18H,5,10-13H2,1-4H3. The molecule has 0 fully saturated rings. The third-order valence-corrected chi connectivity index (χ3v) is 3.52. The summed E-state index contributed by atoms with van der Waals surface area (Å²) in [5.41, 5.74) is 2.81. The van der Waals surface area contributed by atoms with Crippen LogP contribution in [0.3, 0.4) is 0 Å². The fourth-order valence-corrected chi connectivity index (χ4v) is 1.94. The molecule has 1 N–H and O–H groups in total. The number of benzene rings is 1. The molecule has 0 saturated heterocycles. The van der Waals surface area contributed by atoms with Crippen molar-refractivity contribution >= 4 is 0 Å². The number of hydrogen-bond acceptors (Lipinski definition) is 1. The van der Waals surface area contributed by atoms with Gasteiger partial charge in [0.15, 0.2) is 0 Å². The molecular weight excluding hydrogens is 218 g/mol. The first kappa shape index (κ1) is 15.2. The maximum atomic E-state index is 3.56. The summed E-state index contributed by atoms with van der Waals surface area (Å²) in [6, 6.07) is 9.77. The summed E-state index contributed by atoms with van der Waals surface area (Å²) in [6.45, 7) is 11.2. The van der Waals surface area contributed by atoms with Crippen LogP contribution >= 0.6 is 0 Å². The summed E-state index contributed by atoms with van der Waals surface area (Å²) >= 11 is 0. The third-order valence-electron chi connectivity index (χ3n) is 3.52. The smallest absolute Gasteiger partial charge is 0.0208 e. The average molecular weight is 246 g/mol. The molecule has 1 rings (SSSR count). The van der Waals surface area contributed by atoms with E-state index in [-0.39, 0.29) is 0 Å². The summed E-state index contributed by atoms with van der Waals surface area (Å²) in [7, 11) is 0. The quantitative estimate of drug-likeness (QED) is 0.724. The molecular formula is C17H28N. The van der Waals surface area contributed by atoms with Gasteiger partial charge < -0.3 is 5.32 Å². The van der Waals surface area contributed by atoms with Crippen LogP contribution in [-0.2, 0) is 13.0 Å². The fourth-order valence-electron chi connectivity index (χ4n) is 1.94. The van der Waals surface area contributed by atoms with Gasteiger partial charge >= 0.3 is 0 Å². The van der Waals surface area contributed by atoms with Gasteiger partial charge in [0.05, 0.1) is 0 Å². The van der Waals surface area contributed by atoms with Crippen LogP contribution in [0, 0.1) is 17.9 Å². The molecule has 1 unspecified atom stereocenters. The first-order valence-corrected chi connectivity index (χ1v) is 7.32. The van der Waals surface area contributed by atoms with Crippen molar-refractivity contribution in [3.63, 3.8) is 0 Å². The normalized spacial score (nSPS) is 12.9. The molecule has 1 radical (unpaired) electrons. The Morgan fingerprint density at radius 2 is 2.06 bits per heavy atom. The Labute approximate surface area is 113 Å². The highest BCUT2D eigenvalue weighted by atomic mass is 14.9. The van der Waals surface area contributed by atoms with Crippen LogP contribution < -0.4 is 5.32 Å². The van der Waals surface area contributed by atoms with Crippen molar-refractivity contribution in [2.24, 2.45) is 11.8 Å². The van der Waals surface area contributed by atoms with Crippen molar-refractivity contribution in [3.05, 3.63) is 35.4 Å². The fraction of sp³-hybridized carbons (Fsp3) is 0.647. The number of aryl methyl sites for hydroxylation is 1. The van der Waals surface area contributed by atoms with E-state index in [4.69, 9.17) is 0 Å². The molecule has 0 aliphatic rings. The minimum atomic E-state index is 0.761. The molecule has 1 aromatic rings. The summed E-state index contributed by atoms with van der Waals surface area (Å²) in [5, 5.41) is 3.56. The second kappa shape index (κ2) is 8.31. The van der Waals surface area contributed by atoms with Crippen molar-refractivity contribution in [3.8, 4) is 0 Å². The maximum Gasteiger partial charge on any atom is 0.0208 e. The lowest BCUT2D eigenvalue weighted by molar-refractivity contribution is 0.498. The molecule has 1 nitrogen and oxygen atoms in total. The number of hydrogen-bond donors (Lipinski definition) is 1. The van der Waals surface area contributed by atoms with Crippen LogP contribution in [0.15, 0.2) is 18.2 Å². The molecule has 0 aliphatic carbocycles. The summed E-state index contributed by atoms with van der Waals surface area (Å²) in [6.07, 6.45) is 3.64. The van der Waals surface area contributed by atoms with Crippen molar-refractivity contribution in [2.45, 2.75) is 53.5 Å². The molecule has 1 atom stereocenters. The highest BCUT2D eigenvalue weighted by Gasteiger charge is 2.04. The van der Waals surface area contributed by atoms with E-state index in [0.29, 0.717) is 0 Å². The Bertz CT molecular complexity index is 330. The minimum absolute atomic E-state index is 0.761. The topological polar surface area (TPSA) is 12.0 Å². The molecule has 0 aliphatic heterocycles. The van der Waals surface area contributed by atoms with Crippen molar-refractivity contribution < 1.29 is 0 Å². The summed E-state index contributed by atoms with van der Waals surface area (Å²) in [5.74, 6) is 1.52. The monoisotopic (exact) mass is 246 g/mol. The summed E-state index contributed by atoms with van der Waals surface area (Å²) < 4.78 is 0. The van der Waals surface area contributed by atoms with Gasteiger partial charge in [-0.15, -0.1) is 0 Å². The van der Waals surface area contributed by atoms with Gasteiger partial charge in [-0.2, -0.15) is 0 Å². The van der Waals surface area contributed by atoms with Crippen molar-refractivity contribution in [1.29, 1.82) is 0 Å². The van der Waals surface area contributed by atoms with Gasteiger partial charge in [0, 0.05) is 6.54 Å². The molecule has 18 heavy (non-hydrogen) atoms. The van der Waals surface area contributed by atoms with Crippen molar-refractivity contribution in [1.82, 2.24) is 5.32 Å². The van der Waals surface area contributed by atoms with E-state index < -0.39 is 0 Å². The van der Waals surface area contributed by atoms with Gasteiger partial charge in [-0.3, -0.25) is 0 Å². The highest BCUT2D eigenvalue weighted by Crippen LogP contribution is 2.13. The van der Waals surface area contributed by atoms with Gasteiger partial charge in [0.25, 0.3) is 0 Å². The Balaban J connectivity index is 2.48. The zero-order chi connectivity index (χ0) is 13.4. The third kappa shape index (κ3) is 5.68. The first-order chi connectivity index (χ1) is 8.63. The first-order valence-electron chi connectivity index (χ1n) is 7.32. The zero-order valence-electron chi connectivity index (χ0n) is 12.4. The Morgan fingerprint density at radius 1 is 1.28 bits per heavy atom. The molecule has 101 valence electrons. The lowest BCUT2D eigenvalue weighted by Crippen LogP contribution is -2.21. The Kier molecular flexibility index (Phi) is 7.04. The van der Waals surface area contributed by atoms with E-state index in [0.717, 1.165) is 31.3 Å². The molecule has 0 saturated carbocycles. The lowest BCUT2D eigenvalue weighted by atomic mass is 9.98. The second-order valence-corrected chi connectivity index (χ2v) is 5.75. The van der Waals surface area contributed by atoms with Gasteiger partial charge in [-0.25, -0.2) is 0 Å². The molecule has 0 heterocycles. The van der Waals surface area contributed by atoms with E-state index >= 15 is 0 Å². The van der Waals surface area contributed by atoms with E-state index in [1.165, 1.54) is 24.0 Å². The number of nitrogens with one attached hydrogen (secondary N) is 1. The van der Waals surface area contributed by atoms with Gasteiger partial charge in [-0.1, -0.05) is 52.3 Å². The highest BCUT2D eigenvalue weighted by molar-refractivity contribution is 5.26. The Morgan fingerprint density at radius 3 is 2.72 bits per heavy atom. The Hall–Kier alpha value is -0.820. The largest absolute Gasteiger partial charge is 0.312 e. The second-order valence-electron chi connectivity index (χ2n) is 5.75. The SMILES string of the molecule is CCC(C)CNCc1ccc[c]c1CCC(C)C. The summed E-state index contributed by atoms with van der Waals surface area (Å²) in [4.78, 5) is 0. The average Bonchev–Trinajstić information content (AvgIpc) is 2.37. The molecule has 0 aromatic heterocycles. The van der Waals surface area contributed by atoms with Crippen LogP contribution in [0.4, 0.5) is 0 Å². The predicted octanol–water partition coefficient (Wildman–Crippen LogP) is 4.21. The number of rotatable bonds is 8. The van der Waals surface area contributed by atoms with Crippen LogP contribution in [0.5, 0.6) is 0 Å². The lowest BCUT2D eigenvalue weighted by Gasteiger charge is -2.13. The molecule has 1 heteroatoms. The molecule has 0 amide bonds. The van der Waals surface area contributed by atoms with E-state index in [1.54, 1.807) is 0 Å². The zero-order valence-corrected chi connectivity index (χ0v) is 12.4. The van der Waals surface area contributed by atoms with Crippen LogP contribution in [0.25, 0.3) is 0 Å². The van der Waals surface area contributed by atoms with Crippen LogP contribution in [0.1, 0.15) is 51.7 Å². The van der Waals surface area contributed by atoms with E-state index in [9.17, 15) is 0 Å². The predicted molar refractivity (Wildman–Crippen MR) is 79.6 cm³/mol. The molecule has 0 spiro atoms. The maximum absolute atomic E-state index is 3.56. The van der Waals surface area contributed by atoms with Crippen LogP contribution in [-0.4, -0.2) is 6.54 Å².